The summed E-state index contributed by atoms with van der Waals surface area (Å²) in [6, 6.07) is 9.04. The number of pyridine rings is 1. The number of benzene rings is 1. The fraction of sp³-hybridized carbons (Fsp3) is 0.381. The predicted molar refractivity (Wildman–Crippen MR) is 106 cm³/mol. The highest BCUT2D eigenvalue weighted by molar-refractivity contribution is 7.80. The molecule has 1 aromatic heterocycles. The number of ketones is 1. The van der Waals surface area contributed by atoms with E-state index in [0.29, 0.717) is 23.0 Å². The van der Waals surface area contributed by atoms with Crippen LogP contribution in [0.25, 0.3) is 0 Å². The highest BCUT2D eigenvalue weighted by atomic mass is 32.1. The van der Waals surface area contributed by atoms with Gasteiger partial charge in [-0.25, -0.2) is 4.39 Å². The molecule has 0 bridgehead atoms. The Hall–Kier alpha value is -2.14. The lowest BCUT2D eigenvalue weighted by Crippen LogP contribution is -2.51. The van der Waals surface area contributed by atoms with E-state index in [4.69, 9.17) is 12.2 Å². The minimum Gasteiger partial charge on any atom is -0.374 e. The van der Waals surface area contributed by atoms with Crippen LogP contribution < -0.4 is 9.88 Å². The van der Waals surface area contributed by atoms with Crippen LogP contribution in [0.2, 0.25) is 0 Å². The Bertz CT molecular complexity index is 740. The second-order valence-corrected chi connectivity index (χ2v) is 6.70. The first-order chi connectivity index (χ1) is 12.5. The number of nitrogens with zero attached hydrogens (tertiary/aromatic N) is 1. The van der Waals surface area contributed by atoms with Crippen molar-refractivity contribution < 1.29 is 13.8 Å². The van der Waals surface area contributed by atoms with E-state index in [1.807, 2.05) is 23.9 Å². The van der Waals surface area contributed by atoms with Crippen LogP contribution in [0.4, 0.5) is 4.39 Å². The number of likely N-dealkylation sites (N-methyl/N-ethyl adjacent to an activating group) is 1. The Morgan fingerprint density at radius 2 is 1.65 bits per heavy atom. The van der Waals surface area contributed by atoms with E-state index < -0.39 is 6.04 Å². The minimum absolute atomic E-state index is 0.156. The van der Waals surface area contributed by atoms with Crippen LogP contribution >= 0.6 is 12.2 Å². The van der Waals surface area contributed by atoms with Gasteiger partial charge in [0.2, 0.25) is 5.78 Å². The first-order valence-corrected chi connectivity index (χ1v) is 9.50. The molecular formula is C21H26FN2OS+. The lowest BCUT2D eigenvalue weighted by molar-refractivity contribution is -0.692. The van der Waals surface area contributed by atoms with E-state index in [-0.39, 0.29) is 11.6 Å². The maximum atomic E-state index is 13.2. The molecule has 0 amide bonds. The summed E-state index contributed by atoms with van der Waals surface area (Å²) in [5, 5.41) is 3.08. The van der Waals surface area contributed by atoms with E-state index in [9.17, 15) is 9.18 Å². The number of rotatable bonds is 8. The van der Waals surface area contributed by atoms with Gasteiger partial charge in [0.1, 0.15) is 5.82 Å². The lowest BCUT2D eigenvalue weighted by Gasteiger charge is -2.16. The third kappa shape index (κ3) is 4.73. The van der Waals surface area contributed by atoms with Gasteiger partial charge in [0.15, 0.2) is 17.4 Å². The van der Waals surface area contributed by atoms with Crippen LogP contribution in [0, 0.1) is 5.82 Å². The summed E-state index contributed by atoms with van der Waals surface area (Å²) in [7, 11) is 0. The summed E-state index contributed by atoms with van der Waals surface area (Å²) in [5.41, 5.74) is 1.70. The minimum atomic E-state index is -0.647. The molecule has 0 aliphatic carbocycles. The molecule has 3 nitrogen and oxygen atoms in total. The molecule has 1 atom stereocenters. The van der Waals surface area contributed by atoms with E-state index in [1.54, 1.807) is 0 Å². The molecule has 5 heteroatoms. The molecule has 0 aliphatic heterocycles. The van der Waals surface area contributed by atoms with Crippen LogP contribution in [0.3, 0.4) is 0 Å². The molecule has 0 aliphatic rings. The summed E-state index contributed by atoms with van der Waals surface area (Å²) in [6.45, 7) is 6.93. The summed E-state index contributed by atoms with van der Waals surface area (Å²) in [4.78, 5) is 13.5. The first kappa shape index (κ1) is 20.2. The average Bonchev–Trinajstić information content (AvgIpc) is 2.65. The number of carbonyl (C=O) groups is 1. The highest BCUT2D eigenvalue weighted by Crippen LogP contribution is 2.22. The Morgan fingerprint density at radius 3 is 2.15 bits per heavy atom. The van der Waals surface area contributed by atoms with Crippen molar-refractivity contribution in [1.29, 1.82) is 0 Å². The van der Waals surface area contributed by atoms with Gasteiger partial charge in [-0.15, -0.1) is 0 Å². The molecule has 0 fully saturated rings. The lowest BCUT2D eigenvalue weighted by atomic mass is 9.95. The third-order valence-corrected chi connectivity index (χ3v) is 4.98. The number of aromatic nitrogens is 1. The number of hydrogen-bond acceptors (Lipinski definition) is 2. The molecule has 138 valence electrons. The standard InChI is InChI=1S/C21H25FN2OS/c1-4-15(5-2)16-11-13-24(14-12-16)19(21(26)23-6-3)20(25)17-7-9-18(22)10-8-17/h7-15,19H,4-6H2,1-3H3/p+1/t19-/m0/s1. The third-order valence-electron chi connectivity index (χ3n) is 4.61. The van der Waals surface area contributed by atoms with E-state index in [0.717, 1.165) is 12.8 Å². The maximum absolute atomic E-state index is 13.2. The fourth-order valence-electron chi connectivity index (χ4n) is 3.09. The fourth-order valence-corrected chi connectivity index (χ4v) is 3.46. The van der Waals surface area contributed by atoms with Gasteiger partial charge in [0.05, 0.1) is 0 Å². The number of thiocarbonyl (C=S) groups is 1. The zero-order valence-electron chi connectivity index (χ0n) is 15.5. The highest BCUT2D eigenvalue weighted by Gasteiger charge is 2.33. The number of halogens is 1. The van der Waals surface area contributed by atoms with Crippen LogP contribution in [0.1, 0.15) is 61.5 Å². The molecule has 0 unspecified atom stereocenters. The number of nitrogens with one attached hydrogen (secondary N) is 1. The van der Waals surface area contributed by atoms with Crippen LogP contribution in [-0.2, 0) is 0 Å². The van der Waals surface area contributed by atoms with Crippen molar-refractivity contribution in [2.45, 2.75) is 45.6 Å². The molecule has 1 N–H and O–H groups in total. The van der Waals surface area contributed by atoms with Crippen LogP contribution in [-0.4, -0.2) is 17.3 Å². The molecule has 0 radical (unpaired) electrons. The van der Waals surface area contributed by atoms with Crippen molar-refractivity contribution in [2.24, 2.45) is 0 Å². The molecule has 2 rings (SSSR count). The van der Waals surface area contributed by atoms with Gasteiger partial charge in [0.25, 0.3) is 6.04 Å². The predicted octanol–water partition coefficient (Wildman–Crippen LogP) is 4.38. The normalized spacial score (nSPS) is 12.0. The van der Waals surface area contributed by atoms with Gasteiger partial charge in [-0.3, -0.25) is 4.79 Å². The van der Waals surface area contributed by atoms with Gasteiger partial charge in [-0.05, 0) is 55.5 Å². The maximum Gasteiger partial charge on any atom is 0.270 e. The van der Waals surface area contributed by atoms with Gasteiger partial charge in [0, 0.05) is 24.2 Å². The quantitative estimate of drug-likeness (QED) is 0.423. The Morgan fingerprint density at radius 1 is 1.08 bits per heavy atom. The van der Waals surface area contributed by atoms with E-state index >= 15 is 0 Å². The Kier molecular flexibility index (Phi) is 7.39. The molecule has 0 spiro atoms. The van der Waals surface area contributed by atoms with E-state index in [1.165, 1.54) is 29.8 Å². The van der Waals surface area contributed by atoms with Gasteiger partial charge < -0.3 is 5.32 Å². The van der Waals surface area contributed by atoms with E-state index in [2.05, 4.69) is 31.3 Å². The number of Topliss-reactive ketones (excluding diaryl/α,β-unsaturated/α-hetero) is 1. The summed E-state index contributed by atoms with van der Waals surface area (Å²) in [5.74, 6) is -0.0117. The largest absolute Gasteiger partial charge is 0.374 e. The van der Waals surface area contributed by atoms with Crippen LogP contribution in [0.5, 0.6) is 0 Å². The zero-order chi connectivity index (χ0) is 19.1. The van der Waals surface area contributed by atoms with Gasteiger partial charge in [-0.1, -0.05) is 26.1 Å². The van der Waals surface area contributed by atoms with Gasteiger partial charge in [-0.2, -0.15) is 4.57 Å². The Labute approximate surface area is 160 Å². The average molecular weight is 374 g/mol. The second kappa shape index (κ2) is 9.53. The molecule has 0 saturated heterocycles. The second-order valence-electron chi connectivity index (χ2n) is 6.26. The number of carbonyl (C=O) groups excluding carboxylic acids is 1. The summed E-state index contributed by atoms with van der Waals surface area (Å²) < 4.78 is 15.0. The van der Waals surface area contributed by atoms with Gasteiger partial charge >= 0.3 is 0 Å². The van der Waals surface area contributed by atoms with Crippen molar-refractivity contribution in [3.8, 4) is 0 Å². The van der Waals surface area contributed by atoms with Crippen molar-refractivity contribution in [2.75, 3.05) is 6.54 Å². The monoisotopic (exact) mass is 373 g/mol. The molecule has 26 heavy (non-hydrogen) atoms. The Balaban J connectivity index is 2.37. The molecule has 1 heterocycles. The summed E-state index contributed by atoms with van der Waals surface area (Å²) in [6.07, 6.45) is 5.97. The van der Waals surface area contributed by atoms with Crippen molar-refractivity contribution in [3.63, 3.8) is 0 Å². The molecule has 2 aromatic rings. The smallest absolute Gasteiger partial charge is 0.270 e. The molecule has 0 saturated carbocycles. The molecule has 1 aromatic carbocycles. The van der Waals surface area contributed by atoms with Crippen molar-refractivity contribution in [1.82, 2.24) is 5.32 Å². The topological polar surface area (TPSA) is 33.0 Å². The molecular weight excluding hydrogens is 347 g/mol. The number of hydrogen-bond donors (Lipinski definition) is 1. The van der Waals surface area contributed by atoms with Crippen molar-refractivity contribution in [3.05, 3.63) is 65.7 Å². The van der Waals surface area contributed by atoms with Crippen molar-refractivity contribution >= 4 is 23.0 Å². The SMILES string of the molecule is CCNC(=S)[C@H](C(=O)c1ccc(F)cc1)[n+]1ccc(C(CC)CC)cc1. The first-order valence-electron chi connectivity index (χ1n) is 9.09. The summed E-state index contributed by atoms with van der Waals surface area (Å²) >= 11 is 5.46. The van der Waals surface area contributed by atoms with Crippen LogP contribution in [0.15, 0.2) is 48.8 Å². The zero-order valence-corrected chi connectivity index (χ0v) is 16.4.